The number of likely N-dealkylation sites (N-methyl/N-ethyl adjacent to an activating group) is 1. The molecule has 0 heterocycles. The lowest BCUT2D eigenvalue weighted by Gasteiger charge is -2.28. The minimum Gasteiger partial charge on any atom is -0.756 e. The zero-order valence-electron chi connectivity index (χ0n) is 30.9. The Morgan fingerprint density at radius 3 is 1.73 bits per heavy atom. The fraction of sp³-hybridized carbons (Fsp3) is 0.667. The summed E-state index contributed by atoms with van der Waals surface area (Å²) in [5, 5.41) is 0. The van der Waals surface area contributed by atoms with Gasteiger partial charge in [-0.25, -0.2) is 0 Å². The van der Waals surface area contributed by atoms with Gasteiger partial charge in [0.2, 0.25) is 0 Å². The molecule has 0 aliphatic carbocycles. The Morgan fingerprint density at radius 2 is 1.19 bits per heavy atom. The van der Waals surface area contributed by atoms with Gasteiger partial charge >= 0.3 is 5.97 Å². The van der Waals surface area contributed by atoms with Crippen LogP contribution in [0.5, 0.6) is 0 Å². The van der Waals surface area contributed by atoms with Gasteiger partial charge in [0.25, 0.3) is 7.82 Å². The molecule has 0 fully saturated rings. The molecule has 0 aromatic carbocycles. The molecule has 276 valence electrons. The molecule has 0 amide bonds. The second-order valence-corrected chi connectivity index (χ2v) is 14.3. The van der Waals surface area contributed by atoms with Crippen molar-refractivity contribution in [3.8, 4) is 0 Å². The molecule has 0 saturated heterocycles. The fourth-order valence-electron chi connectivity index (χ4n) is 4.17. The van der Waals surface area contributed by atoms with Crippen LogP contribution in [0.2, 0.25) is 0 Å². The highest BCUT2D eigenvalue weighted by Gasteiger charge is 2.20. The molecule has 0 rings (SSSR count). The van der Waals surface area contributed by atoms with Crippen LogP contribution in [-0.2, 0) is 27.9 Å². The van der Waals surface area contributed by atoms with E-state index >= 15 is 0 Å². The number of ether oxygens (including phenoxy) is 2. The number of esters is 1. The summed E-state index contributed by atoms with van der Waals surface area (Å²) in [5.74, 6) is -0.382. The highest BCUT2D eigenvalue weighted by molar-refractivity contribution is 7.45. The maximum atomic E-state index is 12.2. The first-order valence-electron chi connectivity index (χ1n) is 18.2. The minimum absolute atomic E-state index is 0.0170. The Morgan fingerprint density at radius 1 is 0.667 bits per heavy atom. The number of carbonyl (C=O) groups excluding carboxylic acids is 1. The van der Waals surface area contributed by atoms with E-state index in [1.807, 2.05) is 28.1 Å². The number of nitrogens with zero attached hydrogens (tertiary/aromatic N) is 1. The molecule has 0 aromatic rings. The standard InChI is InChI=1S/C39H68NO7P/c1-6-8-10-11-12-13-14-15-16-17-18-19-20-21-22-23-24-25-26-27-28-29-30-31-34-44-36-38(47-39(41)32-9-7-2)37-46-48(42,43)45-35-33-40(3,4)5/h8,10,12-13,15-16,18-19,21-22,24-25,38H,6-7,9,11,14,17,20,23,26-37H2,1-5H3/b10-8-,13-12-,16-15-,19-18-,22-21-,25-24-. The van der Waals surface area contributed by atoms with Gasteiger partial charge in [-0.15, -0.1) is 0 Å². The molecule has 9 heteroatoms. The van der Waals surface area contributed by atoms with Gasteiger partial charge in [0.1, 0.15) is 19.3 Å². The van der Waals surface area contributed by atoms with Gasteiger partial charge in [0.15, 0.2) is 0 Å². The summed E-state index contributed by atoms with van der Waals surface area (Å²) < 4.78 is 33.8. The molecule has 0 bridgehead atoms. The van der Waals surface area contributed by atoms with Crippen molar-refractivity contribution >= 4 is 13.8 Å². The Hall–Kier alpha value is -2.06. The highest BCUT2D eigenvalue weighted by Crippen LogP contribution is 2.38. The first kappa shape index (κ1) is 45.9. The van der Waals surface area contributed by atoms with E-state index in [0.717, 1.165) is 70.6 Å². The van der Waals surface area contributed by atoms with Crippen LogP contribution in [0.4, 0.5) is 0 Å². The number of rotatable bonds is 32. The molecule has 0 N–H and O–H groups in total. The number of phosphoric acid groups is 1. The molecular weight excluding hydrogens is 625 g/mol. The smallest absolute Gasteiger partial charge is 0.306 e. The van der Waals surface area contributed by atoms with Crippen molar-refractivity contribution in [1.82, 2.24) is 0 Å². The van der Waals surface area contributed by atoms with Crippen molar-refractivity contribution in [2.45, 2.75) is 116 Å². The average molecular weight is 694 g/mol. The number of allylic oxidation sites excluding steroid dienone is 12. The van der Waals surface area contributed by atoms with Crippen molar-refractivity contribution in [3.63, 3.8) is 0 Å². The molecule has 0 aliphatic rings. The van der Waals surface area contributed by atoms with Crippen molar-refractivity contribution in [1.29, 1.82) is 0 Å². The average Bonchev–Trinajstić information content (AvgIpc) is 3.03. The van der Waals surface area contributed by atoms with Crippen LogP contribution >= 0.6 is 7.82 Å². The zero-order chi connectivity index (χ0) is 35.6. The largest absolute Gasteiger partial charge is 0.756 e. The van der Waals surface area contributed by atoms with E-state index in [2.05, 4.69) is 79.8 Å². The van der Waals surface area contributed by atoms with E-state index in [4.69, 9.17) is 18.5 Å². The molecule has 8 nitrogen and oxygen atoms in total. The first-order chi connectivity index (χ1) is 23.1. The predicted octanol–water partition coefficient (Wildman–Crippen LogP) is 9.35. The topological polar surface area (TPSA) is 94.1 Å². The van der Waals surface area contributed by atoms with Crippen molar-refractivity contribution in [2.24, 2.45) is 0 Å². The quantitative estimate of drug-likeness (QED) is 0.0228. The number of hydrogen-bond acceptors (Lipinski definition) is 7. The maximum absolute atomic E-state index is 12.2. The lowest BCUT2D eigenvalue weighted by molar-refractivity contribution is -0.870. The van der Waals surface area contributed by atoms with Crippen molar-refractivity contribution in [2.75, 3.05) is 54.1 Å². The Bertz CT molecular complexity index is 995. The Balaban J connectivity index is 3.99. The lowest BCUT2D eigenvalue weighted by Crippen LogP contribution is -2.37. The van der Waals surface area contributed by atoms with Crippen LogP contribution in [-0.4, -0.2) is 70.7 Å². The van der Waals surface area contributed by atoms with Crippen LogP contribution in [0.1, 0.15) is 110 Å². The predicted molar refractivity (Wildman–Crippen MR) is 199 cm³/mol. The summed E-state index contributed by atoms with van der Waals surface area (Å²) in [5.41, 5.74) is 0. The highest BCUT2D eigenvalue weighted by atomic mass is 31.2. The monoisotopic (exact) mass is 693 g/mol. The second kappa shape index (κ2) is 32.2. The van der Waals surface area contributed by atoms with E-state index in [-0.39, 0.29) is 32.2 Å². The second-order valence-electron chi connectivity index (χ2n) is 12.9. The van der Waals surface area contributed by atoms with Crippen molar-refractivity contribution < 1.29 is 37.3 Å². The van der Waals surface area contributed by atoms with Crippen molar-refractivity contribution in [3.05, 3.63) is 72.9 Å². The fourth-order valence-corrected chi connectivity index (χ4v) is 4.90. The first-order valence-corrected chi connectivity index (χ1v) is 19.6. The molecule has 0 saturated carbocycles. The van der Waals surface area contributed by atoms with Gasteiger partial charge in [-0.3, -0.25) is 9.36 Å². The molecule has 0 aliphatic heterocycles. The summed E-state index contributed by atoms with van der Waals surface area (Å²) in [6.07, 6.45) is 40.3. The summed E-state index contributed by atoms with van der Waals surface area (Å²) in [7, 11) is 1.32. The van der Waals surface area contributed by atoms with Gasteiger partial charge in [-0.2, -0.15) is 0 Å². The Kier molecular flexibility index (Phi) is 30.8. The molecule has 0 aromatic heterocycles. The minimum atomic E-state index is -4.50. The van der Waals surface area contributed by atoms with Crippen LogP contribution in [0.25, 0.3) is 0 Å². The number of phosphoric ester groups is 1. The number of unbranched alkanes of at least 4 members (excludes halogenated alkanes) is 6. The van der Waals surface area contributed by atoms with Gasteiger partial charge in [-0.1, -0.05) is 112 Å². The van der Waals surface area contributed by atoms with Gasteiger partial charge in [0.05, 0.1) is 34.4 Å². The van der Waals surface area contributed by atoms with Crippen LogP contribution in [0.3, 0.4) is 0 Å². The summed E-state index contributed by atoms with van der Waals surface area (Å²) in [6.45, 7) is 4.95. The molecular formula is C39H68NO7P. The summed E-state index contributed by atoms with van der Waals surface area (Å²) in [4.78, 5) is 24.3. The molecule has 0 radical (unpaired) electrons. The van der Waals surface area contributed by atoms with E-state index in [9.17, 15) is 14.3 Å². The Labute approximate surface area is 293 Å². The summed E-state index contributed by atoms with van der Waals surface area (Å²) >= 11 is 0. The molecule has 48 heavy (non-hydrogen) atoms. The van der Waals surface area contributed by atoms with Crippen LogP contribution in [0.15, 0.2) is 72.9 Å². The molecule has 0 spiro atoms. The van der Waals surface area contributed by atoms with Gasteiger partial charge in [0, 0.05) is 13.0 Å². The van der Waals surface area contributed by atoms with Crippen LogP contribution < -0.4 is 4.89 Å². The zero-order valence-corrected chi connectivity index (χ0v) is 31.8. The normalized spacial score (nSPS) is 14.9. The third-order valence-electron chi connectivity index (χ3n) is 7.02. The van der Waals surface area contributed by atoms with Gasteiger partial charge < -0.3 is 27.9 Å². The molecule has 2 atom stereocenters. The van der Waals surface area contributed by atoms with E-state index in [0.29, 0.717) is 24.1 Å². The number of quaternary nitrogens is 1. The van der Waals surface area contributed by atoms with E-state index in [1.54, 1.807) is 0 Å². The summed E-state index contributed by atoms with van der Waals surface area (Å²) in [6, 6.07) is 0. The third kappa shape index (κ3) is 35.3. The lowest BCUT2D eigenvalue weighted by atomic mass is 10.1. The maximum Gasteiger partial charge on any atom is 0.306 e. The van der Waals surface area contributed by atoms with E-state index in [1.165, 1.54) is 12.8 Å². The SMILES string of the molecule is CC/C=C\C/C=C\C/C=C\C/C=C\C/C=C\C/C=C\CCCCCCCOCC(COP(=O)([O-])OCC[N+](C)(C)C)OC(=O)CCCC. The molecule has 2 unspecified atom stereocenters. The van der Waals surface area contributed by atoms with Gasteiger partial charge in [-0.05, 0) is 64.2 Å². The van der Waals surface area contributed by atoms with Crippen LogP contribution in [0, 0.1) is 0 Å². The number of hydrogen-bond donors (Lipinski definition) is 0. The third-order valence-corrected chi connectivity index (χ3v) is 7.99. The number of carbonyl (C=O) groups is 1. The van der Waals surface area contributed by atoms with E-state index < -0.39 is 13.9 Å².